The van der Waals surface area contributed by atoms with Gasteiger partial charge in [-0.1, -0.05) is 29.3 Å². The molecule has 1 unspecified atom stereocenters. The molecule has 0 radical (unpaired) electrons. The summed E-state index contributed by atoms with van der Waals surface area (Å²) >= 11 is 2.87. The Bertz CT molecular complexity index is 332. The summed E-state index contributed by atoms with van der Waals surface area (Å²) in [5, 5.41) is 1.43. The van der Waals surface area contributed by atoms with Gasteiger partial charge in [0, 0.05) is 12.5 Å². The molecule has 1 N–H and O–H groups in total. The number of carbonyl (C=O) groups is 2. The zero-order chi connectivity index (χ0) is 15.3. The number of hydrogen-bond acceptors (Lipinski definition) is 2. The number of alkyl halides is 6. The zero-order valence-electron chi connectivity index (χ0n) is 9.99. The van der Waals surface area contributed by atoms with Crippen LogP contribution in [0.4, 0.5) is 22.0 Å². The van der Waals surface area contributed by atoms with Crippen LogP contribution in [0.2, 0.25) is 0 Å². The molecule has 1 amide bonds. The fourth-order valence-electron chi connectivity index (χ4n) is 1.29. The minimum Gasteiger partial charge on any atom is -0.350 e. The van der Waals surface area contributed by atoms with Crippen LogP contribution in [-0.2, 0) is 9.59 Å². The molecular formula is C10H13BrF5NO2. The van der Waals surface area contributed by atoms with E-state index >= 15 is 0 Å². The molecule has 0 saturated heterocycles. The highest BCUT2D eigenvalue weighted by molar-refractivity contribution is 9.09. The summed E-state index contributed by atoms with van der Waals surface area (Å²) in [7, 11) is 0. The summed E-state index contributed by atoms with van der Waals surface area (Å²) in [6.45, 7) is 1.18. The van der Waals surface area contributed by atoms with Crippen molar-refractivity contribution in [3.63, 3.8) is 0 Å². The Hall–Kier alpha value is -0.730. The van der Waals surface area contributed by atoms with Crippen LogP contribution in [0.1, 0.15) is 19.8 Å². The van der Waals surface area contributed by atoms with Crippen molar-refractivity contribution < 1.29 is 31.5 Å². The molecule has 0 aromatic heterocycles. The van der Waals surface area contributed by atoms with Crippen molar-refractivity contribution in [3.05, 3.63) is 0 Å². The van der Waals surface area contributed by atoms with E-state index in [1.54, 1.807) is 6.92 Å². The number of ketones is 1. The van der Waals surface area contributed by atoms with Crippen LogP contribution in [0.5, 0.6) is 0 Å². The first-order valence-electron chi connectivity index (χ1n) is 5.39. The second kappa shape index (κ2) is 7.16. The number of Topliss-reactive ketones (excluding diaryl/α,β-unsaturated/α-hetero) is 1. The Kier molecular flexibility index (Phi) is 6.88. The maximum Gasteiger partial charge on any atom is 0.463 e. The van der Waals surface area contributed by atoms with Gasteiger partial charge in [-0.3, -0.25) is 9.59 Å². The molecule has 0 aromatic carbocycles. The van der Waals surface area contributed by atoms with E-state index in [4.69, 9.17) is 0 Å². The summed E-state index contributed by atoms with van der Waals surface area (Å²) in [6, 6.07) is 0. The third-order valence-corrected chi connectivity index (χ3v) is 2.93. The van der Waals surface area contributed by atoms with E-state index in [-0.39, 0.29) is 11.1 Å². The normalized spacial score (nSPS) is 14.1. The van der Waals surface area contributed by atoms with Crippen molar-refractivity contribution in [2.75, 3.05) is 11.9 Å². The molecule has 0 heterocycles. The first-order valence-corrected chi connectivity index (χ1v) is 6.51. The van der Waals surface area contributed by atoms with Crippen LogP contribution in [0, 0.1) is 5.92 Å². The van der Waals surface area contributed by atoms with Gasteiger partial charge < -0.3 is 5.32 Å². The average Bonchev–Trinajstić information content (AvgIpc) is 2.31. The molecule has 0 spiro atoms. The van der Waals surface area contributed by atoms with Crippen molar-refractivity contribution in [3.8, 4) is 0 Å². The topological polar surface area (TPSA) is 46.2 Å². The van der Waals surface area contributed by atoms with Gasteiger partial charge >= 0.3 is 12.1 Å². The molecule has 19 heavy (non-hydrogen) atoms. The van der Waals surface area contributed by atoms with Crippen LogP contribution in [-0.4, -0.2) is 35.7 Å². The van der Waals surface area contributed by atoms with E-state index in [9.17, 15) is 31.5 Å². The molecule has 1 atom stereocenters. The molecule has 0 bridgehead atoms. The molecule has 0 aromatic rings. The average molecular weight is 354 g/mol. The van der Waals surface area contributed by atoms with Crippen molar-refractivity contribution >= 4 is 27.6 Å². The van der Waals surface area contributed by atoms with E-state index in [0.717, 1.165) is 0 Å². The van der Waals surface area contributed by atoms with Gasteiger partial charge in [0.2, 0.25) is 0 Å². The van der Waals surface area contributed by atoms with Crippen molar-refractivity contribution in [1.29, 1.82) is 0 Å². The predicted octanol–water partition coefficient (Wildman–Crippen LogP) is 2.68. The summed E-state index contributed by atoms with van der Waals surface area (Å²) < 4.78 is 60.9. The van der Waals surface area contributed by atoms with Gasteiger partial charge in [-0.15, -0.1) is 0 Å². The van der Waals surface area contributed by atoms with Gasteiger partial charge in [0.25, 0.3) is 5.91 Å². The molecule has 0 aliphatic carbocycles. The van der Waals surface area contributed by atoms with Gasteiger partial charge in [0.05, 0.1) is 5.33 Å². The fourth-order valence-corrected chi connectivity index (χ4v) is 1.75. The minimum absolute atomic E-state index is 0.0524. The molecule has 0 aliphatic heterocycles. The number of halogens is 6. The Balaban J connectivity index is 4.61. The first-order chi connectivity index (χ1) is 8.57. The Morgan fingerprint density at radius 2 is 1.74 bits per heavy atom. The standard InChI is InChI=1S/C10H13BrF5NO2/c1-2-3-6(7(18)4-11)5-17-8(19)9(12,13)10(14,15)16/h6H,2-5H2,1H3,(H,17,19). The second-order valence-electron chi connectivity index (χ2n) is 3.87. The quantitative estimate of drug-likeness (QED) is 0.565. The summed E-state index contributed by atoms with van der Waals surface area (Å²) in [5.41, 5.74) is 0. The Morgan fingerprint density at radius 1 is 1.21 bits per heavy atom. The summed E-state index contributed by atoms with van der Waals surface area (Å²) in [5.74, 6) is -9.04. The number of hydrogen-bond donors (Lipinski definition) is 1. The van der Waals surface area contributed by atoms with Gasteiger partial charge in [-0.2, -0.15) is 22.0 Å². The van der Waals surface area contributed by atoms with Crippen LogP contribution in [0.3, 0.4) is 0 Å². The Morgan fingerprint density at radius 3 is 2.11 bits per heavy atom. The highest BCUT2D eigenvalue weighted by Gasteiger charge is 2.63. The van der Waals surface area contributed by atoms with Crippen LogP contribution in [0.25, 0.3) is 0 Å². The lowest BCUT2D eigenvalue weighted by Crippen LogP contribution is -2.51. The molecule has 0 aliphatic rings. The number of nitrogens with one attached hydrogen (secondary N) is 1. The molecule has 112 valence electrons. The lowest BCUT2D eigenvalue weighted by atomic mass is 9.99. The van der Waals surface area contributed by atoms with Crippen LogP contribution >= 0.6 is 15.9 Å². The molecule has 0 saturated carbocycles. The lowest BCUT2D eigenvalue weighted by molar-refractivity contribution is -0.269. The minimum atomic E-state index is -5.95. The SMILES string of the molecule is CCCC(CNC(=O)C(F)(F)C(F)(F)F)C(=O)CBr. The maximum atomic E-state index is 12.6. The monoisotopic (exact) mass is 353 g/mol. The van der Waals surface area contributed by atoms with Crippen LogP contribution in [0.15, 0.2) is 0 Å². The third kappa shape index (κ3) is 5.04. The summed E-state index contributed by atoms with van der Waals surface area (Å²) in [6.07, 6.45) is -5.12. The van der Waals surface area contributed by atoms with E-state index in [2.05, 4.69) is 15.9 Å². The van der Waals surface area contributed by atoms with Crippen molar-refractivity contribution in [1.82, 2.24) is 5.32 Å². The third-order valence-electron chi connectivity index (χ3n) is 2.37. The largest absolute Gasteiger partial charge is 0.463 e. The smallest absolute Gasteiger partial charge is 0.350 e. The highest BCUT2D eigenvalue weighted by atomic mass is 79.9. The molecule has 3 nitrogen and oxygen atoms in total. The second-order valence-corrected chi connectivity index (χ2v) is 4.43. The van der Waals surface area contributed by atoms with Crippen LogP contribution < -0.4 is 5.32 Å². The zero-order valence-corrected chi connectivity index (χ0v) is 11.6. The first kappa shape index (κ1) is 18.3. The summed E-state index contributed by atoms with van der Waals surface area (Å²) in [4.78, 5) is 22.2. The predicted molar refractivity (Wildman–Crippen MR) is 61.2 cm³/mol. The maximum absolute atomic E-state index is 12.6. The number of amides is 1. The van der Waals surface area contributed by atoms with E-state index in [1.807, 2.05) is 0 Å². The Labute approximate surface area is 115 Å². The van der Waals surface area contributed by atoms with Crippen molar-refractivity contribution in [2.24, 2.45) is 5.92 Å². The highest BCUT2D eigenvalue weighted by Crippen LogP contribution is 2.35. The molecule has 0 fully saturated rings. The van der Waals surface area contributed by atoms with Gasteiger partial charge in [-0.25, -0.2) is 0 Å². The molecule has 9 heteroatoms. The van der Waals surface area contributed by atoms with Gasteiger partial charge in [0.15, 0.2) is 0 Å². The molecule has 0 rings (SSSR count). The van der Waals surface area contributed by atoms with Gasteiger partial charge in [0.1, 0.15) is 5.78 Å². The van der Waals surface area contributed by atoms with Gasteiger partial charge in [-0.05, 0) is 6.42 Å². The van der Waals surface area contributed by atoms with E-state index < -0.39 is 30.5 Å². The lowest BCUT2D eigenvalue weighted by Gasteiger charge is -2.20. The van der Waals surface area contributed by atoms with Crippen molar-refractivity contribution in [2.45, 2.75) is 31.9 Å². The van der Waals surface area contributed by atoms with E-state index in [0.29, 0.717) is 12.8 Å². The van der Waals surface area contributed by atoms with E-state index in [1.165, 1.54) is 5.32 Å². The fraction of sp³-hybridized carbons (Fsp3) is 0.800. The number of carbonyl (C=O) groups excluding carboxylic acids is 2. The number of rotatable bonds is 7. The molecular weight excluding hydrogens is 341 g/mol.